The van der Waals surface area contributed by atoms with Crippen LogP contribution in [0.5, 0.6) is 0 Å². The van der Waals surface area contributed by atoms with Crippen molar-refractivity contribution in [2.24, 2.45) is 5.92 Å². The monoisotopic (exact) mass is 255 g/mol. The highest BCUT2D eigenvalue weighted by molar-refractivity contribution is 7.07. The van der Waals surface area contributed by atoms with Gasteiger partial charge in [-0.2, -0.15) is 0 Å². The van der Waals surface area contributed by atoms with E-state index in [4.69, 9.17) is 0 Å². The number of nitrogens with zero attached hydrogens (tertiary/aromatic N) is 2. The molecule has 0 fully saturated rings. The van der Waals surface area contributed by atoms with Crippen LogP contribution in [0, 0.1) is 5.92 Å². The van der Waals surface area contributed by atoms with Gasteiger partial charge in [0, 0.05) is 24.0 Å². The van der Waals surface area contributed by atoms with Gasteiger partial charge in [0.25, 0.3) is 0 Å². The lowest BCUT2D eigenvalue weighted by Crippen LogP contribution is -2.40. The molecule has 0 amide bonds. The number of thiazole rings is 1. The number of hydrogen-bond acceptors (Lipinski definition) is 4. The summed E-state index contributed by atoms with van der Waals surface area (Å²) in [6.45, 7) is 12.0. The van der Waals surface area contributed by atoms with E-state index in [0.29, 0.717) is 5.92 Å². The second-order valence-electron chi connectivity index (χ2n) is 5.91. The summed E-state index contributed by atoms with van der Waals surface area (Å²) in [5.41, 5.74) is 3.28. The van der Waals surface area contributed by atoms with Gasteiger partial charge in [-0.05, 0) is 40.3 Å². The van der Waals surface area contributed by atoms with Crippen molar-refractivity contribution in [2.45, 2.75) is 39.8 Å². The van der Waals surface area contributed by atoms with E-state index in [0.717, 1.165) is 19.6 Å². The highest BCUT2D eigenvalue weighted by atomic mass is 32.1. The van der Waals surface area contributed by atoms with Crippen LogP contribution in [0.2, 0.25) is 0 Å². The third-order valence-corrected chi connectivity index (χ3v) is 3.15. The largest absolute Gasteiger partial charge is 0.312 e. The standard InChI is InChI=1S/C13H25N3S/c1-11(6-15-13(2,3)4)7-16(5)8-12-9-17-10-14-12/h9-11,15H,6-8H2,1-5H3. The van der Waals surface area contributed by atoms with Crippen molar-refractivity contribution in [1.82, 2.24) is 15.2 Å². The molecule has 0 aromatic carbocycles. The molecule has 0 radical (unpaired) electrons. The Labute approximate surface area is 109 Å². The third-order valence-electron chi connectivity index (χ3n) is 2.52. The van der Waals surface area contributed by atoms with Gasteiger partial charge in [0.2, 0.25) is 0 Å². The molecule has 1 aromatic heterocycles. The molecule has 1 N–H and O–H groups in total. The molecule has 1 unspecified atom stereocenters. The van der Waals surface area contributed by atoms with Crippen molar-refractivity contribution in [2.75, 3.05) is 20.1 Å². The van der Waals surface area contributed by atoms with Crippen LogP contribution in [-0.4, -0.2) is 35.6 Å². The van der Waals surface area contributed by atoms with Gasteiger partial charge >= 0.3 is 0 Å². The summed E-state index contributed by atoms with van der Waals surface area (Å²) in [7, 11) is 2.16. The summed E-state index contributed by atoms with van der Waals surface area (Å²) >= 11 is 1.66. The molecule has 1 rings (SSSR count). The van der Waals surface area contributed by atoms with Gasteiger partial charge in [0.05, 0.1) is 11.2 Å². The lowest BCUT2D eigenvalue weighted by molar-refractivity contribution is 0.260. The Hall–Kier alpha value is -0.450. The van der Waals surface area contributed by atoms with E-state index in [1.54, 1.807) is 11.3 Å². The number of rotatable bonds is 6. The van der Waals surface area contributed by atoms with E-state index in [1.165, 1.54) is 5.69 Å². The number of hydrogen-bond donors (Lipinski definition) is 1. The molecule has 1 heterocycles. The van der Waals surface area contributed by atoms with E-state index in [-0.39, 0.29) is 5.54 Å². The molecule has 4 heteroatoms. The van der Waals surface area contributed by atoms with Crippen molar-refractivity contribution in [3.8, 4) is 0 Å². The van der Waals surface area contributed by atoms with E-state index in [1.807, 2.05) is 5.51 Å². The molecule has 0 saturated heterocycles. The predicted molar refractivity (Wildman–Crippen MR) is 75.4 cm³/mol. The molecule has 0 aliphatic carbocycles. The van der Waals surface area contributed by atoms with Gasteiger partial charge in [-0.1, -0.05) is 6.92 Å². The zero-order chi connectivity index (χ0) is 12.9. The Bertz CT molecular complexity index is 303. The Morgan fingerprint density at radius 1 is 1.47 bits per heavy atom. The molecule has 17 heavy (non-hydrogen) atoms. The Morgan fingerprint density at radius 2 is 2.18 bits per heavy atom. The first-order valence-electron chi connectivity index (χ1n) is 6.17. The first-order valence-corrected chi connectivity index (χ1v) is 7.12. The van der Waals surface area contributed by atoms with E-state index >= 15 is 0 Å². The molecular formula is C13H25N3S. The molecule has 0 aliphatic heterocycles. The minimum absolute atomic E-state index is 0.210. The smallest absolute Gasteiger partial charge is 0.0795 e. The lowest BCUT2D eigenvalue weighted by Gasteiger charge is -2.26. The summed E-state index contributed by atoms with van der Waals surface area (Å²) in [5.74, 6) is 0.651. The van der Waals surface area contributed by atoms with Crippen molar-refractivity contribution in [3.05, 3.63) is 16.6 Å². The third kappa shape index (κ3) is 6.76. The SMILES string of the molecule is CC(CNC(C)(C)C)CN(C)Cc1cscn1. The summed E-state index contributed by atoms with van der Waals surface area (Å²) < 4.78 is 0. The van der Waals surface area contributed by atoms with Crippen molar-refractivity contribution < 1.29 is 0 Å². The minimum Gasteiger partial charge on any atom is -0.312 e. The normalized spacial score (nSPS) is 14.2. The summed E-state index contributed by atoms with van der Waals surface area (Å²) in [4.78, 5) is 6.65. The lowest BCUT2D eigenvalue weighted by atomic mass is 10.1. The van der Waals surface area contributed by atoms with Gasteiger partial charge in [-0.15, -0.1) is 11.3 Å². The van der Waals surface area contributed by atoms with Crippen molar-refractivity contribution in [3.63, 3.8) is 0 Å². The first kappa shape index (κ1) is 14.6. The summed E-state index contributed by atoms with van der Waals surface area (Å²) in [6.07, 6.45) is 0. The van der Waals surface area contributed by atoms with Crippen LogP contribution in [0.4, 0.5) is 0 Å². The highest BCUT2D eigenvalue weighted by Crippen LogP contribution is 2.07. The van der Waals surface area contributed by atoms with Crippen LogP contribution in [0.25, 0.3) is 0 Å². The summed E-state index contributed by atoms with van der Waals surface area (Å²) in [6, 6.07) is 0. The van der Waals surface area contributed by atoms with E-state index < -0.39 is 0 Å². The maximum Gasteiger partial charge on any atom is 0.0795 e. The van der Waals surface area contributed by atoms with Crippen LogP contribution in [-0.2, 0) is 6.54 Å². The molecule has 0 spiro atoms. The predicted octanol–water partition coefficient (Wildman–Crippen LogP) is 2.60. The molecular weight excluding hydrogens is 230 g/mol. The van der Waals surface area contributed by atoms with Crippen LogP contribution in [0.1, 0.15) is 33.4 Å². The zero-order valence-corrected chi connectivity index (χ0v) is 12.5. The van der Waals surface area contributed by atoms with Crippen LogP contribution >= 0.6 is 11.3 Å². The van der Waals surface area contributed by atoms with Crippen molar-refractivity contribution in [1.29, 1.82) is 0 Å². The Kier molecular flexibility index (Phi) is 5.56. The fraction of sp³-hybridized carbons (Fsp3) is 0.769. The molecule has 98 valence electrons. The molecule has 0 saturated carbocycles. The van der Waals surface area contributed by atoms with Gasteiger partial charge in [0.1, 0.15) is 0 Å². The Balaban J connectivity index is 2.24. The molecule has 0 aliphatic rings. The highest BCUT2D eigenvalue weighted by Gasteiger charge is 2.12. The summed E-state index contributed by atoms with van der Waals surface area (Å²) in [5, 5.41) is 5.67. The van der Waals surface area contributed by atoms with Crippen LogP contribution in [0.3, 0.4) is 0 Å². The maximum absolute atomic E-state index is 4.31. The number of nitrogens with one attached hydrogen (secondary N) is 1. The van der Waals surface area contributed by atoms with E-state index in [9.17, 15) is 0 Å². The fourth-order valence-electron chi connectivity index (χ4n) is 1.73. The van der Waals surface area contributed by atoms with Crippen LogP contribution < -0.4 is 5.32 Å². The Morgan fingerprint density at radius 3 is 2.71 bits per heavy atom. The average Bonchev–Trinajstić information content (AvgIpc) is 2.66. The first-order chi connectivity index (χ1) is 7.87. The quantitative estimate of drug-likeness (QED) is 0.847. The molecule has 1 aromatic rings. The zero-order valence-electron chi connectivity index (χ0n) is 11.7. The molecule has 1 atom stereocenters. The van der Waals surface area contributed by atoms with Gasteiger partial charge in [-0.25, -0.2) is 4.98 Å². The number of aromatic nitrogens is 1. The second-order valence-corrected chi connectivity index (χ2v) is 6.63. The van der Waals surface area contributed by atoms with E-state index in [2.05, 4.69) is 55.3 Å². The minimum atomic E-state index is 0.210. The van der Waals surface area contributed by atoms with Crippen LogP contribution in [0.15, 0.2) is 10.9 Å². The van der Waals surface area contributed by atoms with Gasteiger partial charge in [-0.3, -0.25) is 0 Å². The topological polar surface area (TPSA) is 28.2 Å². The molecule has 3 nitrogen and oxygen atoms in total. The maximum atomic E-state index is 4.31. The molecule has 0 bridgehead atoms. The average molecular weight is 255 g/mol. The van der Waals surface area contributed by atoms with Crippen molar-refractivity contribution >= 4 is 11.3 Å². The van der Waals surface area contributed by atoms with Gasteiger partial charge in [0.15, 0.2) is 0 Å². The van der Waals surface area contributed by atoms with Gasteiger partial charge < -0.3 is 10.2 Å². The fourth-order valence-corrected chi connectivity index (χ4v) is 2.28. The second kappa shape index (κ2) is 6.47.